The highest BCUT2D eigenvalue weighted by molar-refractivity contribution is 6.00. The molecule has 1 aliphatic heterocycles. The topological polar surface area (TPSA) is 82.1 Å². The fourth-order valence-corrected chi connectivity index (χ4v) is 4.69. The molecule has 1 aromatic heterocycles. The smallest absolute Gasteiger partial charge is 0.214 e. The van der Waals surface area contributed by atoms with E-state index in [1.54, 1.807) is 7.11 Å². The molecule has 2 N–H and O–H groups in total. The average molecular weight is 523 g/mol. The molecule has 4 aromatic rings. The summed E-state index contributed by atoms with van der Waals surface area (Å²) in [6.45, 7) is 12.6. The summed E-state index contributed by atoms with van der Waals surface area (Å²) >= 11 is 0. The molecular formula is C33H38N4O2. The molecule has 39 heavy (non-hydrogen) atoms. The molecule has 1 unspecified atom stereocenters. The Morgan fingerprint density at radius 3 is 2.54 bits per heavy atom. The van der Waals surface area contributed by atoms with E-state index in [0.29, 0.717) is 18.2 Å². The lowest BCUT2D eigenvalue weighted by Gasteiger charge is -2.31. The van der Waals surface area contributed by atoms with Crippen LogP contribution in [0.1, 0.15) is 56.9 Å². The van der Waals surface area contributed by atoms with Gasteiger partial charge in [0, 0.05) is 17.7 Å². The van der Waals surface area contributed by atoms with E-state index >= 15 is 0 Å². The van der Waals surface area contributed by atoms with Gasteiger partial charge in [-0.05, 0) is 83.5 Å². The number of hydrogen-bond donors (Lipinski definition) is 1. The molecule has 0 fully saturated rings. The molecule has 6 heteroatoms. The standard InChI is InChI=1S/C31H32N4O2.C2H6/c1-19(2)17-33-35-21(4)31(32)24-10-9-20(3)23(13-24)18-37-26-8-6-7-22(14-26)27-16-30(36-5)34-29-12-11-25(31)15-28(27)29;1-2/h6-17,19H,18,32H2,1-5H3;1-2H3/b33-17-,35-21+;. The summed E-state index contributed by atoms with van der Waals surface area (Å²) in [7, 11) is 1.63. The third kappa shape index (κ3) is 5.57. The minimum absolute atomic E-state index is 0.285. The third-order valence-electron chi connectivity index (χ3n) is 6.94. The maximum Gasteiger partial charge on any atom is 0.214 e. The summed E-state index contributed by atoms with van der Waals surface area (Å²) in [5.74, 6) is 1.63. The van der Waals surface area contributed by atoms with Crippen molar-refractivity contribution in [2.24, 2.45) is 21.9 Å². The van der Waals surface area contributed by atoms with Crippen LogP contribution in [0.4, 0.5) is 0 Å². The molecule has 1 aliphatic rings. The third-order valence-corrected chi connectivity index (χ3v) is 6.94. The summed E-state index contributed by atoms with van der Waals surface area (Å²) in [4.78, 5) is 4.71. The van der Waals surface area contributed by atoms with Crippen molar-refractivity contribution in [2.45, 2.75) is 53.7 Å². The lowest BCUT2D eigenvalue weighted by Crippen LogP contribution is -2.45. The van der Waals surface area contributed by atoms with Gasteiger partial charge >= 0.3 is 0 Å². The lowest BCUT2D eigenvalue weighted by molar-refractivity contribution is 0.305. The molecule has 0 saturated heterocycles. The molecule has 0 saturated carbocycles. The first-order chi connectivity index (χ1) is 18.8. The molecule has 1 atom stereocenters. The van der Waals surface area contributed by atoms with Gasteiger partial charge in [0.2, 0.25) is 5.88 Å². The number of pyridine rings is 1. The van der Waals surface area contributed by atoms with Gasteiger partial charge in [0.05, 0.1) is 18.3 Å². The van der Waals surface area contributed by atoms with Gasteiger partial charge in [0.25, 0.3) is 0 Å². The largest absolute Gasteiger partial charge is 0.489 e. The first-order valence-electron chi connectivity index (χ1n) is 13.5. The molecule has 0 radical (unpaired) electrons. The SMILES string of the molecule is CC.COc1cc2c3cc(ccc3n1)C(N)(/C(C)=N/N=C\C(C)C)c1ccc(C)c(c1)COc1cccc-2c1. The monoisotopic (exact) mass is 522 g/mol. The second-order valence-electron chi connectivity index (χ2n) is 9.90. The number of rotatable bonds is 4. The van der Waals surface area contributed by atoms with Crippen molar-refractivity contribution in [1.82, 2.24) is 4.98 Å². The second kappa shape index (κ2) is 11.8. The number of nitrogens with zero attached hydrogens (tertiary/aromatic N) is 3. The molecule has 0 aliphatic carbocycles. The zero-order valence-electron chi connectivity index (χ0n) is 23.9. The van der Waals surface area contributed by atoms with Crippen molar-refractivity contribution in [3.63, 3.8) is 0 Å². The van der Waals surface area contributed by atoms with Crippen molar-refractivity contribution in [1.29, 1.82) is 0 Å². The van der Waals surface area contributed by atoms with E-state index < -0.39 is 5.54 Å². The van der Waals surface area contributed by atoms with E-state index in [1.165, 1.54) is 0 Å². The van der Waals surface area contributed by atoms with E-state index in [-0.39, 0.29) is 5.92 Å². The zero-order chi connectivity index (χ0) is 28.2. The average Bonchev–Trinajstić information content (AvgIpc) is 2.96. The van der Waals surface area contributed by atoms with E-state index in [9.17, 15) is 0 Å². The molecule has 0 amide bonds. The van der Waals surface area contributed by atoms with Gasteiger partial charge in [-0.3, -0.25) is 0 Å². The Labute approximate surface area is 231 Å². The molecule has 5 rings (SSSR count). The summed E-state index contributed by atoms with van der Waals surface area (Å²) in [5, 5.41) is 9.87. The van der Waals surface area contributed by atoms with Gasteiger partial charge < -0.3 is 15.2 Å². The van der Waals surface area contributed by atoms with Crippen molar-refractivity contribution in [3.8, 4) is 22.8 Å². The fourth-order valence-electron chi connectivity index (χ4n) is 4.69. The molecular weight excluding hydrogens is 484 g/mol. The molecule has 6 bridgehead atoms. The first-order valence-corrected chi connectivity index (χ1v) is 13.5. The van der Waals surface area contributed by atoms with E-state index in [2.05, 4.69) is 67.4 Å². The van der Waals surface area contributed by atoms with Crippen LogP contribution in [0.5, 0.6) is 11.6 Å². The maximum atomic E-state index is 7.35. The number of fused-ring (bicyclic) bond motifs is 6. The number of aryl methyl sites for hydroxylation is 1. The van der Waals surface area contributed by atoms with Gasteiger partial charge in [-0.15, -0.1) is 0 Å². The van der Waals surface area contributed by atoms with Crippen molar-refractivity contribution in [3.05, 3.63) is 89.0 Å². The Morgan fingerprint density at radius 1 is 1.05 bits per heavy atom. The number of aromatic nitrogens is 1. The highest BCUT2D eigenvalue weighted by Gasteiger charge is 2.34. The summed E-state index contributed by atoms with van der Waals surface area (Å²) < 4.78 is 11.8. The van der Waals surface area contributed by atoms with Crippen LogP contribution in [0, 0.1) is 12.8 Å². The number of nitrogens with two attached hydrogens (primary N) is 1. The minimum atomic E-state index is -1.02. The van der Waals surface area contributed by atoms with Crippen LogP contribution in [0.2, 0.25) is 0 Å². The highest BCUT2D eigenvalue weighted by atomic mass is 16.5. The Kier molecular flexibility index (Phi) is 8.46. The van der Waals surface area contributed by atoms with E-state index in [1.807, 2.05) is 57.3 Å². The van der Waals surface area contributed by atoms with Crippen LogP contribution in [0.3, 0.4) is 0 Å². The first kappa shape index (κ1) is 28.0. The van der Waals surface area contributed by atoms with E-state index in [0.717, 1.165) is 50.0 Å². The van der Waals surface area contributed by atoms with Gasteiger partial charge in [-0.2, -0.15) is 10.2 Å². The fraction of sp³-hybridized carbons (Fsp3) is 0.303. The highest BCUT2D eigenvalue weighted by Crippen LogP contribution is 2.38. The van der Waals surface area contributed by atoms with Crippen molar-refractivity contribution in [2.75, 3.05) is 7.11 Å². The Balaban J connectivity index is 0.00000172. The number of methoxy groups -OCH3 is 1. The zero-order valence-corrected chi connectivity index (χ0v) is 23.9. The maximum absolute atomic E-state index is 7.35. The second-order valence-corrected chi connectivity index (χ2v) is 9.90. The normalized spacial score (nSPS) is 16.7. The van der Waals surface area contributed by atoms with Crippen LogP contribution in [-0.4, -0.2) is 24.0 Å². The number of benzene rings is 3. The molecule has 6 nitrogen and oxygen atoms in total. The van der Waals surface area contributed by atoms with Crippen LogP contribution in [0.25, 0.3) is 22.0 Å². The van der Waals surface area contributed by atoms with Gasteiger partial charge in [-0.1, -0.05) is 58.0 Å². The predicted molar refractivity (Wildman–Crippen MR) is 162 cm³/mol. The number of hydrogen-bond acceptors (Lipinski definition) is 6. The lowest BCUT2D eigenvalue weighted by atomic mass is 9.78. The van der Waals surface area contributed by atoms with Gasteiger partial charge in [0.1, 0.15) is 17.9 Å². The van der Waals surface area contributed by atoms with Crippen LogP contribution < -0.4 is 15.2 Å². The predicted octanol–water partition coefficient (Wildman–Crippen LogP) is 7.44. The van der Waals surface area contributed by atoms with E-state index in [4.69, 9.17) is 20.2 Å². The molecule has 0 spiro atoms. The summed E-state index contributed by atoms with van der Waals surface area (Å²) in [5.41, 5.74) is 13.9. The van der Waals surface area contributed by atoms with Gasteiger partial charge in [-0.25, -0.2) is 4.98 Å². The van der Waals surface area contributed by atoms with Crippen molar-refractivity contribution < 1.29 is 9.47 Å². The van der Waals surface area contributed by atoms with Crippen LogP contribution >= 0.6 is 0 Å². The Hall–Kier alpha value is -4.03. The Morgan fingerprint density at radius 2 is 1.79 bits per heavy atom. The van der Waals surface area contributed by atoms with Crippen LogP contribution in [0.15, 0.2) is 76.9 Å². The molecule has 2 heterocycles. The number of ether oxygens (including phenoxy) is 2. The van der Waals surface area contributed by atoms with Gasteiger partial charge in [0.15, 0.2) is 0 Å². The van der Waals surface area contributed by atoms with Crippen LogP contribution in [-0.2, 0) is 12.1 Å². The summed E-state index contributed by atoms with van der Waals surface area (Å²) in [6.07, 6.45) is 1.82. The quantitative estimate of drug-likeness (QED) is 0.223. The molecule has 202 valence electrons. The minimum Gasteiger partial charge on any atom is -0.489 e. The molecule has 3 aromatic carbocycles. The summed E-state index contributed by atoms with van der Waals surface area (Å²) in [6, 6.07) is 22.5. The van der Waals surface area contributed by atoms with Crippen molar-refractivity contribution >= 4 is 22.8 Å². The Bertz CT molecular complexity index is 1540.